The maximum absolute atomic E-state index is 10.4. The summed E-state index contributed by atoms with van der Waals surface area (Å²) in [6, 6.07) is 11.8. The molecule has 0 saturated carbocycles. The van der Waals surface area contributed by atoms with Crippen LogP contribution in [0, 0.1) is 0 Å². The Balaban J connectivity index is 1.74. The van der Waals surface area contributed by atoms with Crippen LogP contribution < -0.4 is 9.47 Å². The third kappa shape index (κ3) is 3.28. The Bertz CT molecular complexity index is 617. The molecule has 0 amide bonds. The SMILES string of the molecule is COc1ccc2ccc(OCC3(O)CCOCC3)cc2c1. The Hall–Kier alpha value is -1.78. The molecule has 4 heteroatoms. The summed E-state index contributed by atoms with van der Waals surface area (Å²) < 4.78 is 16.3. The average molecular weight is 288 g/mol. The van der Waals surface area contributed by atoms with E-state index in [4.69, 9.17) is 14.2 Å². The molecule has 1 saturated heterocycles. The van der Waals surface area contributed by atoms with E-state index in [1.165, 1.54) is 0 Å². The molecular weight excluding hydrogens is 268 g/mol. The fourth-order valence-electron chi connectivity index (χ4n) is 2.53. The molecule has 1 aliphatic heterocycles. The van der Waals surface area contributed by atoms with Crippen molar-refractivity contribution < 1.29 is 19.3 Å². The third-order valence-corrected chi connectivity index (χ3v) is 3.95. The zero-order valence-electron chi connectivity index (χ0n) is 12.2. The predicted octanol–water partition coefficient (Wildman–Crippen LogP) is 2.77. The topological polar surface area (TPSA) is 47.9 Å². The van der Waals surface area contributed by atoms with Crippen molar-refractivity contribution in [3.63, 3.8) is 0 Å². The normalized spacial score (nSPS) is 17.6. The summed E-state index contributed by atoms with van der Waals surface area (Å²) in [6.45, 7) is 1.48. The van der Waals surface area contributed by atoms with Gasteiger partial charge >= 0.3 is 0 Å². The molecular formula is C17H20O4. The molecule has 0 aliphatic carbocycles. The van der Waals surface area contributed by atoms with Crippen LogP contribution in [0.25, 0.3) is 10.8 Å². The van der Waals surface area contributed by atoms with Crippen molar-refractivity contribution in [1.82, 2.24) is 0 Å². The molecule has 2 aromatic carbocycles. The van der Waals surface area contributed by atoms with E-state index >= 15 is 0 Å². The van der Waals surface area contributed by atoms with Crippen molar-refractivity contribution in [3.8, 4) is 11.5 Å². The van der Waals surface area contributed by atoms with Crippen LogP contribution in [0.15, 0.2) is 36.4 Å². The highest BCUT2D eigenvalue weighted by Crippen LogP contribution is 2.27. The van der Waals surface area contributed by atoms with Gasteiger partial charge in [-0.25, -0.2) is 0 Å². The van der Waals surface area contributed by atoms with E-state index < -0.39 is 5.60 Å². The minimum atomic E-state index is -0.776. The lowest BCUT2D eigenvalue weighted by atomic mass is 9.96. The minimum absolute atomic E-state index is 0.297. The van der Waals surface area contributed by atoms with Gasteiger partial charge in [-0.15, -0.1) is 0 Å². The van der Waals surface area contributed by atoms with Gasteiger partial charge in [0, 0.05) is 26.1 Å². The zero-order chi connectivity index (χ0) is 14.7. The summed E-state index contributed by atoms with van der Waals surface area (Å²) in [6.07, 6.45) is 1.24. The summed E-state index contributed by atoms with van der Waals surface area (Å²) >= 11 is 0. The lowest BCUT2D eigenvalue weighted by Gasteiger charge is -2.31. The zero-order valence-corrected chi connectivity index (χ0v) is 12.2. The first kappa shape index (κ1) is 14.2. The molecule has 0 radical (unpaired) electrons. The first-order chi connectivity index (χ1) is 10.2. The minimum Gasteiger partial charge on any atom is -0.497 e. The Morgan fingerprint density at radius 2 is 1.71 bits per heavy atom. The van der Waals surface area contributed by atoms with E-state index in [-0.39, 0.29) is 0 Å². The molecule has 2 aromatic rings. The Kier molecular flexibility index (Phi) is 3.99. The lowest BCUT2D eigenvalue weighted by Crippen LogP contribution is -2.41. The fraction of sp³-hybridized carbons (Fsp3) is 0.412. The second kappa shape index (κ2) is 5.92. The summed E-state index contributed by atoms with van der Waals surface area (Å²) in [5.41, 5.74) is -0.776. The number of rotatable bonds is 4. The quantitative estimate of drug-likeness (QED) is 0.940. The van der Waals surface area contributed by atoms with Crippen LogP contribution >= 0.6 is 0 Å². The molecule has 0 atom stereocenters. The summed E-state index contributed by atoms with van der Waals surface area (Å²) in [4.78, 5) is 0. The highest BCUT2D eigenvalue weighted by Gasteiger charge is 2.30. The molecule has 4 nitrogen and oxygen atoms in total. The number of ether oxygens (including phenoxy) is 3. The molecule has 3 rings (SSSR count). The monoisotopic (exact) mass is 288 g/mol. The van der Waals surface area contributed by atoms with Crippen LogP contribution in [-0.2, 0) is 4.74 Å². The second-order valence-corrected chi connectivity index (χ2v) is 5.50. The number of hydrogen-bond acceptors (Lipinski definition) is 4. The van der Waals surface area contributed by atoms with Gasteiger partial charge < -0.3 is 19.3 Å². The van der Waals surface area contributed by atoms with E-state index in [0.717, 1.165) is 22.3 Å². The van der Waals surface area contributed by atoms with Crippen molar-refractivity contribution in [2.45, 2.75) is 18.4 Å². The average Bonchev–Trinajstić information content (AvgIpc) is 2.53. The molecule has 1 N–H and O–H groups in total. The van der Waals surface area contributed by atoms with Gasteiger partial charge in [-0.05, 0) is 35.0 Å². The summed E-state index contributed by atoms with van der Waals surface area (Å²) in [7, 11) is 1.65. The summed E-state index contributed by atoms with van der Waals surface area (Å²) in [5, 5.41) is 12.6. The molecule has 0 aromatic heterocycles. The maximum atomic E-state index is 10.4. The van der Waals surface area contributed by atoms with E-state index in [1.54, 1.807) is 7.11 Å². The van der Waals surface area contributed by atoms with Crippen LogP contribution in [-0.4, -0.2) is 37.6 Å². The smallest absolute Gasteiger partial charge is 0.120 e. The Morgan fingerprint density at radius 1 is 1.05 bits per heavy atom. The molecule has 1 fully saturated rings. The van der Waals surface area contributed by atoms with Crippen molar-refractivity contribution >= 4 is 10.8 Å². The molecule has 1 heterocycles. The van der Waals surface area contributed by atoms with Crippen molar-refractivity contribution in [2.75, 3.05) is 26.9 Å². The van der Waals surface area contributed by atoms with Gasteiger partial charge in [-0.2, -0.15) is 0 Å². The Morgan fingerprint density at radius 3 is 2.43 bits per heavy atom. The van der Waals surface area contributed by atoms with Gasteiger partial charge in [0.05, 0.1) is 7.11 Å². The standard InChI is InChI=1S/C17H20O4/c1-19-15-4-2-13-3-5-16(11-14(13)10-15)21-12-17(18)6-8-20-9-7-17/h2-5,10-11,18H,6-9,12H2,1H3. The second-order valence-electron chi connectivity index (χ2n) is 5.50. The van der Waals surface area contributed by atoms with E-state index in [9.17, 15) is 5.11 Å². The summed E-state index contributed by atoms with van der Waals surface area (Å²) in [5.74, 6) is 1.58. The van der Waals surface area contributed by atoms with Gasteiger partial charge in [0.25, 0.3) is 0 Å². The number of benzene rings is 2. The highest BCUT2D eigenvalue weighted by atomic mass is 16.5. The van der Waals surface area contributed by atoms with Crippen molar-refractivity contribution in [1.29, 1.82) is 0 Å². The molecule has 0 spiro atoms. The van der Waals surface area contributed by atoms with Crippen LogP contribution in [0.2, 0.25) is 0 Å². The Labute approximate surface area is 124 Å². The number of hydrogen-bond donors (Lipinski definition) is 1. The molecule has 0 bridgehead atoms. The number of aliphatic hydroxyl groups is 1. The fourth-order valence-corrected chi connectivity index (χ4v) is 2.53. The van der Waals surface area contributed by atoms with Crippen LogP contribution in [0.4, 0.5) is 0 Å². The van der Waals surface area contributed by atoms with Crippen LogP contribution in [0.3, 0.4) is 0 Å². The largest absolute Gasteiger partial charge is 0.497 e. The van der Waals surface area contributed by atoms with Gasteiger partial charge in [0.15, 0.2) is 0 Å². The van der Waals surface area contributed by atoms with Crippen LogP contribution in [0.5, 0.6) is 11.5 Å². The predicted molar refractivity (Wildman–Crippen MR) is 81.0 cm³/mol. The van der Waals surface area contributed by atoms with E-state index in [0.29, 0.717) is 32.7 Å². The molecule has 0 unspecified atom stereocenters. The van der Waals surface area contributed by atoms with E-state index in [1.807, 2.05) is 36.4 Å². The maximum Gasteiger partial charge on any atom is 0.120 e. The molecule has 21 heavy (non-hydrogen) atoms. The first-order valence-electron chi connectivity index (χ1n) is 7.19. The highest BCUT2D eigenvalue weighted by molar-refractivity contribution is 5.85. The third-order valence-electron chi connectivity index (χ3n) is 3.95. The van der Waals surface area contributed by atoms with Crippen molar-refractivity contribution in [2.24, 2.45) is 0 Å². The van der Waals surface area contributed by atoms with Crippen molar-refractivity contribution in [3.05, 3.63) is 36.4 Å². The number of fused-ring (bicyclic) bond motifs is 1. The van der Waals surface area contributed by atoms with Gasteiger partial charge in [-0.1, -0.05) is 12.1 Å². The van der Waals surface area contributed by atoms with Gasteiger partial charge in [0.1, 0.15) is 23.7 Å². The first-order valence-corrected chi connectivity index (χ1v) is 7.19. The lowest BCUT2D eigenvalue weighted by molar-refractivity contribution is -0.0855. The number of methoxy groups -OCH3 is 1. The van der Waals surface area contributed by atoms with Crippen LogP contribution in [0.1, 0.15) is 12.8 Å². The van der Waals surface area contributed by atoms with E-state index in [2.05, 4.69) is 0 Å². The molecule has 1 aliphatic rings. The molecule has 112 valence electrons. The van der Waals surface area contributed by atoms with Gasteiger partial charge in [-0.3, -0.25) is 0 Å². The van der Waals surface area contributed by atoms with Gasteiger partial charge in [0.2, 0.25) is 0 Å².